The first-order valence-corrected chi connectivity index (χ1v) is 11.4. The summed E-state index contributed by atoms with van der Waals surface area (Å²) in [6.07, 6.45) is 3.37. The molecule has 1 N–H and O–H groups in total. The zero-order valence-corrected chi connectivity index (χ0v) is 19.0. The van der Waals surface area contributed by atoms with Gasteiger partial charge in [-0.25, -0.2) is 9.07 Å². The lowest BCUT2D eigenvalue weighted by molar-refractivity contribution is -0.134. The van der Waals surface area contributed by atoms with Gasteiger partial charge in [-0.1, -0.05) is 23.4 Å². The second-order valence-electron chi connectivity index (χ2n) is 8.65. The number of nitrogens with one attached hydrogen (secondary N) is 1. The fraction of sp³-hybridized carbons (Fsp3) is 0.280. The molecule has 2 aliphatic heterocycles. The molecule has 2 aliphatic rings. The zero-order chi connectivity index (χ0) is 25.3. The fourth-order valence-corrected chi connectivity index (χ4v) is 4.43. The summed E-state index contributed by atoms with van der Waals surface area (Å²) in [6, 6.07) is 10.4. The van der Waals surface area contributed by atoms with Crippen LogP contribution in [0.15, 0.2) is 65.9 Å². The molecule has 1 amide bonds. The standard InChI is InChI=1S/C25H22F4N6O/c26-20-2-1-3-22-19(20)8-9-23(24(36)34(22)15-25(27,28)29)35-14-21(32-33-35)16-4-6-17(7-5-16)31-18-10-12-30-13-11-18/h1-7,10,12-14,18,23,31H,8-9,11,15H2. The van der Waals surface area contributed by atoms with E-state index >= 15 is 0 Å². The smallest absolute Gasteiger partial charge is 0.378 e. The molecule has 0 spiro atoms. The van der Waals surface area contributed by atoms with Crippen molar-refractivity contribution in [1.82, 2.24) is 15.0 Å². The minimum Gasteiger partial charge on any atom is -0.378 e. The van der Waals surface area contributed by atoms with Crippen LogP contribution >= 0.6 is 0 Å². The molecule has 36 heavy (non-hydrogen) atoms. The van der Waals surface area contributed by atoms with Gasteiger partial charge in [0.05, 0.1) is 17.9 Å². The van der Waals surface area contributed by atoms with Crippen LogP contribution in [0.1, 0.15) is 24.4 Å². The summed E-state index contributed by atoms with van der Waals surface area (Å²) in [7, 11) is 0. The number of hydrogen-bond donors (Lipinski definition) is 1. The van der Waals surface area contributed by atoms with Crippen molar-refractivity contribution in [1.29, 1.82) is 0 Å². The van der Waals surface area contributed by atoms with Crippen molar-refractivity contribution in [2.45, 2.75) is 37.5 Å². The Bertz CT molecular complexity index is 1310. The van der Waals surface area contributed by atoms with Gasteiger partial charge in [-0.05, 0) is 43.2 Å². The third-order valence-corrected chi connectivity index (χ3v) is 6.17. The van der Waals surface area contributed by atoms with Crippen LogP contribution in [0.5, 0.6) is 0 Å². The quantitative estimate of drug-likeness (QED) is 0.506. The summed E-state index contributed by atoms with van der Waals surface area (Å²) in [6.45, 7) is -1.52. The summed E-state index contributed by atoms with van der Waals surface area (Å²) >= 11 is 0. The number of alkyl halides is 3. The number of aliphatic imine (C=N–C) groups is 1. The molecule has 11 heteroatoms. The highest BCUT2D eigenvalue weighted by Gasteiger charge is 2.40. The molecule has 0 radical (unpaired) electrons. The molecule has 0 fully saturated rings. The zero-order valence-electron chi connectivity index (χ0n) is 19.0. The van der Waals surface area contributed by atoms with E-state index in [1.54, 1.807) is 6.20 Å². The van der Waals surface area contributed by atoms with Crippen molar-refractivity contribution in [3.63, 3.8) is 0 Å². The van der Waals surface area contributed by atoms with Gasteiger partial charge in [0.15, 0.2) is 0 Å². The van der Waals surface area contributed by atoms with Gasteiger partial charge in [0, 0.05) is 35.6 Å². The van der Waals surface area contributed by atoms with Crippen LogP contribution in [0, 0.1) is 5.82 Å². The number of aromatic nitrogens is 3. The highest BCUT2D eigenvalue weighted by Crippen LogP contribution is 2.35. The van der Waals surface area contributed by atoms with Crippen LogP contribution in [-0.4, -0.2) is 45.9 Å². The lowest BCUT2D eigenvalue weighted by atomic mass is 10.1. The summed E-state index contributed by atoms with van der Waals surface area (Å²) < 4.78 is 55.7. The number of carbonyl (C=O) groups excluding carboxylic acids is 1. The topological polar surface area (TPSA) is 75.4 Å². The molecule has 0 aliphatic carbocycles. The molecule has 0 bridgehead atoms. The van der Waals surface area contributed by atoms with E-state index in [9.17, 15) is 22.4 Å². The highest BCUT2D eigenvalue weighted by atomic mass is 19.4. The van der Waals surface area contributed by atoms with E-state index in [1.165, 1.54) is 29.1 Å². The average molecular weight is 498 g/mol. The molecule has 0 saturated carbocycles. The number of carbonyl (C=O) groups is 1. The largest absolute Gasteiger partial charge is 0.406 e. The Kier molecular flexibility index (Phi) is 6.29. The molecular formula is C25H22F4N6O. The third-order valence-electron chi connectivity index (χ3n) is 6.17. The Morgan fingerprint density at radius 3 is 2.64 bits per heavy atom. The lowest BCUT2D eigenvalue weighted by Gasteiger charge is -2.26. The van der Waals surface area contributed by atoms with E-state index in [2.05, 4.69) is 20.6 Å². The number of anilines is 2. The molecule has 3 heterocycles. The minimum absolute atomic E-state index is 0.0673. The van der Waals surface area contributed by atoms with Crippen molar-refractivity contribution in [2.75, 3.05) is 16.8 Å². The van der Waals surface area contributed by atoms with Gasteiger partial charge in [0.25, 0.3) is 5.91 Å². The summed E-state index contributed by atoms with van der Waals surface area (Å²) in [5.41, 5.74) is 2.12. The van der Waals surface area contributed by atoms with E-state index in [1.807, 2.05) is 36.6 Å². The fourth-order valence-electron chi connectivity index (χ4n) is 4.43. The normalized spacial score (nSPS) is 19.8. The first-order valence-electron chi connectivity index (χ1n) is 11.4. The molecule has 0 saturated heterocycles. The van der Waals surface area contributed by atoms with Crippen molar-refractivity contribution in [2.24, 2.45) is 4.99 Å². The molecule has 2 aromatic carbocycles. The maximum absolute atomic E-state index is 14.5. The molecule has 186 valence electrons. The molecule has 2 atom stereocenters. The van der Waals surface area contributed by atoms with Crippen LogP contribution < -0.4 is 10.2 Å². The van der Waals surface area contributed by atoms with Crippen LogP contribution in [0.25, 0.3) is 11.3 Å². The Morgan fingerprint density at radius 1 is 1.11 bits per heavy atom. The Morgan fingerprint density at radius 2 is 1.92 bits per heavy atom. The maximum Gasteiger partial charge on any atom is 0.406 e. The molecule has 7 nitrogen and oxygen atoms in total. The summed E-state index contributed by atoms with van der Waals surface area (Å²) in [5.74, 6) is -1.45. The summed E-state index contributed by atoms with van der Waals surface area (Å²) in [5, 5.41) is 11.6. The average Bonchev–Trinajstić information content (AvgIpc) is 3.29. The number of nitrogens with zero attached hydrogens (tertiary/aromatic N) is 5. The van der Waals surface area contributed by atoms with Crippen LogP contribution in [0.2, 0.25) is 0 Å². The molecule has 1 aromatic heterocycles. The van der Waals surface area contributed by atoms with Crippen molar-refractivity contribution < 1.29 is 22.4 Å². The van der Waals surface area contributed by atoms with Crippen LogP contribution in [-0.2, 0) is 11.2 Å². The van der Waals surface area contributed by atoms with Crippen molar-refractivity contribution in [3.05, 3.63) is 72.3 Å². The minimum atomic E-state index is -4.66. The second kappa shape index (κ2) is 9.56. The van der Waals surface area contributed by atoms with Gasteiger partial charge in [0.2, 0.25) is 0 Å². The van der Waals surface area contributed by atoms with Crippen LogP contribution in [0.3, 0.4) is 0 Å². The Hall–Kier alpha value is -4.02. The number of halogens is 4. The summed E-state index contributed by atoms with van der Waals surface area (Å²) in [4.78, 5) is 17.9. The second-order valence-corrected chi connectivity index (χ2v) is 8.65. The van der Waals surface area contributed by atoms with Gasteiger partial charge in [0.1, 0.15) is 24.1 Å². The molecule has 2 unspecified atom stereocenters. The van der Waals surface area contributed by atoms with Gasteiger partial charge < -0.3 is 10.2 Å². The van der Waals surface area contributed by atoms with Gasteiger partial charge in [-0.3, -0.25) is 9.79 Å². The van der Waals surface area contributed by atoms with Crippen molar-refractivity contribution in [3.8, 4) is 11.3 Å². The monoisotopic (exact) mass is 498 g/mol. The van der Waals surface area contributed by atoms with Gasteiger partial charge in [-0.2, -0.15) is 13.2 Å². The van der Waals surface area contributed by atoms with E-state index in [0.717, 1.165) is 17.7 Å². The Labute approximate surface area is 204 Å². The van der Waals surface area contributed by atoms with Gasteiger partial charge >= 0.3 is 6.18 Å². The number of hydrogen-bond acceptors (Lipinski definition) is 5. The first-order chi connectivity index (χ1) is 17.3. The molecular weight excluding hydrogens is 476 g/mol. The number of rotatable bonds is 5. The highest BCUT2D eigenvalue weighted by molar-refractivity contribution is 5.97. The van der Waals surface area contributed by atoms with Gasteiger partial charge in [-0.15, -0.1) is 5.10 Å². The van der Waals surface area contributed by atoms with Crippen molar-refractivity contribution >= 4 is 23.5 Å². The predicted octanol–water partition coefficient (Wildman–Crippen LogP) is 4.94. The first kappa shape index (κ1) is 23.7. The molecule has 5 rings (SSSR count). The molecule has 3 aromatic rings. The Balaban J connectivity index is 1.38. The van der Waals surface area contributed by atoms with E-state index < -0.39 is 30.5 Å². The SMILES string of the molecule is O=C1C(n2cc(-c3ccc(NC4C=CN=CC4)cc3)nn2)CCc2c(F)cccc2N1CC(F)(F)F. The van der Waals surface area contributed by atoms with E-state index in [4.69, 9.17) is 0 Å². The number of benzene rings is 2. The number of amides is 1. The van der Waals surface area contributed by atoms with Crippen LogP contribution in [0.4, 0.5) is 28.9 Å². The van der Waals surface area contributed by atoms with E-state index in [0.29, 0.717) is 10.6 Å². The predicted molar refractivity (Wildman–Crippen MR) is 127 cm³/mol. The van der Waals surface area contributed by atoms with E-state index in [-0.39, 0.29) is 30.1 Å². The number of fused-ring (bicyclic) bond motifs is 1. The third kappa shape index (κ3) is 5.00. The lowest BCUT2D eigenvalue weighted by Crippen LogP contribution is -2.42. The maximum atomic E-state index is 14.5.